The van der Waals surface area contributed by atoms with Crippen molar-refractivity contribution in [1.82, 2.24) is 10.1 Å². The van der Waals surface area contributed by atoms with Crippen LogP contribution in [0.3, 0.4) is 0 Å². The van der Waals surface area contributed by atoms with Gasteiger partial charge >= 0.3 is 5.97 Å². The molecule has 1 aromatic carbocycles. The van der Waals surface area contributed by atoms with Crippen LogP contribution in [0.5, 0.6) is 5.75 Å². The first kappa shape index (κ1) is 14.9. The van der Waals surface area contributed by atoms with Gasteiger partial charge in [-0.15, -0.1) is 0 Å². The predicted octanol–water partition coefficient (Wildman–Crippen LogP) is 2.87. The monoisotopic (exact) mass is 326 g/mol. The lowest BCUT2D eigenvalue weighted by Crippen LogP contribution is -2.11. The van der Waals surface area contributed by atoms with Crippen LogP contribution >= 0.6 is 0 Å². The van der Waals surface area contributed by atoms with Crippen LogP contribution in [0.1, 0.15) is 43.0 Å². The van der Waals surface area contributed by atoms with E-state index in [1.807, 2.05) is 12.1 Å². The van der Waals surface area contributed by atoms with Gasteiger partial charge in [-0.2, -0.15) is 4.98 Å². The molecule has 0 atom stereocenters. The zero-order chi connectivity index (χ0) is 16.7. The van der Waals surface area contributed by atoms with Crippen LogP contribution < -0.4 is 4.74 Å². The van der Waals surface area contributed by atoms with Crippen molar-refractivity contribution in [2.24, 2.45) is 0 Å². The van der Waals surface area contributed by atoms with Crippen LogP contribution in [0.15, 0.2) is 40.9 Å². The maximum absolute atomic E-state index is 10.9. The zero-order valence-corrected chi connectivity index (χ0v) is 13.2. The van der Waals surface area contributed by atoms with Crippen molar-refractivity contribution in [1.29, 1.82) is 0 Å². The summed E-state index contributed by atoms with van der Waals surface area (Å²) in [6, 6.07) is 8.08. The Morgan fingerprint density at radius 3 is 2.62 bits per heavy atom. The molecule has 1 N–H and O–H groups in total. The normalized spacial score (nSPS) is 18.2. The van der Waals surface area contributed by atoms with E-state index >= 15 is 0 Å². The van der Waals surface area contributed by atoms with Gasteiger partial charge in [0.1, 0.15) is 5.75 Å². The standard InChI is InChI=1S/C18H18N2O4/c1-11(16(21)22)10-15-19-17(20-24-15)18(8-9-18)12-2-4-13(5-3-12)23-14-6-7-14/h2-5,14H,1,6-10H2,(H,21,22). The van der Waals surface area contributed by atoms with Crippen molar-refractivity contribution < 1.29 is 19.2 Å². The van der Waals surface area contributed by atoms with Crippen molar-refractivity contribution in [3.8, 4) is 5.75 Å². The number of rotatable bonds is 7. The van der Waals surface area contributed by atoms with Gasteiger partial charge < -0.3 is 14.4 Å². The minimum Gasteiger partial charge on any atom is -0.490 e. The number of benzene rings is 1. The fraction of sp³-hybridized carbons (Fsp3) is 0.389. The summed E-state index contributed by atoms with van der Waals surface area (Å²) < 4.78 is 11.0. The Kier molecular flexibility index (Phi) is 3.40. The van der Waals surface area contributed by atoms with Gasteiger partial charge in [-0.3, -0.25) is 0 Å². The third-order valence-electron chi connectivity index (χ3n) is 4.55. The molecule has 0 spiro atoms. The summed E-state index contributed by atoms with van der Waals surface area (Å²) in [7, 11) is 0. The van der Waals surface area contributed by atoms with E-state index in [-0.39, 0.29) is 23.3 Å². The van der Waals surface area contributed by atoms with Crippen LogP contribution in [-0.2, 0) is 16.6 Å². The minimum atomic E-state index is -1.05. The average molecular weight is 326 g/mol. The minimum absolute atomic E-state index is 0.0385. The zero-order valence-electron chi connectivity index (χ0n) is 13.2. The number of nitrogens with zero attached hydrogens (tertiary/aromatic N) is 2. The summed E-state index contributed by atoms with van der Waals surface area (Å²) >= 11 is 0. The first-order valence-corrected chi connectivity index (χ1v) is 8.08. The Labute approximate surface area is 139 Å². The fourth-order valence-electron chi connectivity index (χ4n) is 2.78. The Morgan fingerprint density at radius 1 is 1.33 bits per heavy atom. The van der Waals surface area contributed by atoms with Gasteiger partial charge in [0.15, 0.2) is 5.82 Å². The van der Waals surface area contributed by atoms with Crippen molar-refractivity contribution in [2.45, 2.75) is 43.6 Å². The molecule has 2 aromatic rings. The lowest BCUT2D eigenvalue weighted by atomic mass is 9.95. The second-order valence-electron chi connectivity index (χ2n) is 6.52. The number of hydrogen-bond donors (Lipinski definition) is 1. The van der Waals surface area contributed by atoms with Gasteiger partial charge in [0.2, 0.25) is 5.89 Å². The summed E-state index contributed by atoms with van der Waals surface area (Å²) in [6.45, 7) is 3.49. The fourth-order valence-corrected chi connectivity index (χ4v) is 2.78. The third kappa shape index (κ3) is 2.79. The topological polar surface area (TPSA) is 85.5 Å². The SMILES string of the molecule is C=C(Cc1nc(C2(c3ccc(OC4CC4)cc3)CC2)no1)C(=O)O. The number of aromatic nitrogens is 2. The highest BCUT2D eigenvalue weighted by molar-refractivity contribution is 5.86. The molecule has 0 aliphatic heterocycles. The molecule has 0 bridgehead atoms. The Hall–Kier alpha value is -2.63. The summed E-state index contributed by atoms with van der Waals surface area (Å²) in [5.41, 5.74) is 0.955. The largest absolute Gasteiger partial charge is 0.490 e. The summed E-state index contributed by atoms with van der Waals surface area (Å²) in [5.74, 6) is 0.745. The Balaban J connectivity index is 1.51. The highest BCUT2D eigenvalue weighted by Gasteiger charge is 2.50. The van der Waals surface area contributed by atoms with Crippen LogP contribution in [0.4, 0.5) is 0 Å². The number of hydrogen-bond acceptors (Lipinski definition) is 5. The van der Waals surface area contributed by atoms with Crippen LogP contribution in [0.2, 0.25) is 0 Å². The van der Waals surface area contributed by atoms with Crippen molar-refractivity contribution in [3.05, 3.63) is 53.7 Å². The molecule has 2 saturated carbocycles. The van der Waals surface area contributed by atoms with Gasteiger partial charge in [-0.1, -0.05) is 23.9 Å². The van der Waals surface area contributed by atoms with E-state index in [1.165, 1.54) is 0 Å². The van der Waals surface area contributed by atoms with Crippen LogP contribution in [0.25, 0.3) is 0 Å². The molecular formula is C18H18N2O4. The lowest BCUT2D eigenvalue weighted by Gasteiger charge is -2.12. The summed E-state index contributed by atoms with van der Waals surface area (Å²) in [6.07, 6.45) is 4.63. The van der Waals surface area contributed by atoms with E-state index in [2.05, 4.69) is 28.9 Å². The second kappa shape index (κ2) is 5.47. The van der Waals surface area contributed by atoms with Crippen LogP contribution in [-0.4, -0.2) is 27.3 Å². The lowest BCUT2D eigenvalue weighted by molar-refractivity contribution is -0.132. The molecule has 0 radical (unpaired) electrons. The van der Waals surface area contributed by atoms with E-state index in [0.717, 1.165) is 37.0 Å². The molecule has 4 rings (SSSR count). The quantitative estimate of drug-likeness (QED) is 0.788. The van der Waals surface area contributed by atoms with Gasteiger partial charge in [-0.25, -0.2) is 4.79 Å². The highest BCUT2D eigenvalue weighted by Crippen LogP contribution is 2.52. The molecule has 1 heterocycles. The van der Waals surface area contributed by atoms with Gasteiger partial charge in [0.05, 0.1) is 17.9 Å². The number of ether oxygens (including phenoxy) is 1. The maximum atomic E-state index is 10.9. The molecule has 6 nitrogen and oxygen atoms in total. The predicted molar refractivity (Wildman–Crippen MR) is 84.9 cm³/mol. The number of aliphatic carboxylic acids is 1. The first-order valence-electron chi connectivity index (χ1n) is 8.08. The summed E-state index contributed by atoms with van der Waals surface area (Å²) in [5, 5.41) is 13.0. The second-order valence-corrected chi connectivity index (χ2v) is 6.52. The smallest absolute Gasteiger partial charge is 0.331 e. The van der Waals surface area contributed by atoms with E-state index in [0.29, 0.717) is 11.9 Å². The van der Waals surface area contributed by atoms with E-state index in [4.69, 9.17) is 14.4 Å². The number of carboxylic acids is 1. The van der Waals surface area contributed by atoms with Crippen molar-refractivity contribution >= 4 is 5.97 Å². The number of carboxylic acid groups (broad SMARTS) is 1. The molecule has 0 saturated heterocycles. The van der Waals surface area contributed by atoms with Crippen LogP contribution in [0, 0.1) is 0 Å². The van der Waals surface area contributed by atoms with E-state index < -0.39 is 5.97 Å². The molecule has 1 aromatic heterocycles. The van der Waals surface area contributed by atoms with Gasteiger partial charge in [-0.05, 0) is 43.4 Å². The average Bonchev–Trinajstić information content (AvgIpc) is 3.49. The molecule has 0 amide bonds. The molecule has 6 heteroatoms. The number of carbonyl (C=O) groups is 1. The third-order valence-corrected chi connectivity index (χ3v) is 4.55. The summed E-state index contributed by atoms with van der Waals surface area (Å²) in [4.78, 5) is 15.2. The molecule has 2 aliphatic rings. The molecule has 124 valence electrons. The molecule has 2 aliphatic carbocycles. The molecule has 24 heavy (non-hydrogen) atoms. The molecule has 0 unspecified atom stereocenters. The van der Waals surface area contributed by atoms with E-state index in [1.54, 1.807) is 0 Å². The van der Waals surface area contributed by atoms with E-state index in [9.17, 15) is 4.79 Å². The molecule has 2 fully saturated rings. The maximum Gasteiger partial charge on any atom is 0.331 e. The highest BCUT2D eigenvalue weighted by atomic mass is 16.5. The van der Waals surface area contributed by atoms with Crippen molar-refractivity contribution in [3.63, 3.8) is 0 Å². The first-order chi connectivity index (χ1) is 11.6. The van der Waals surface area contributed by atoms with Crippen molar-refractivity contribution in [2.75, 3.05) is 0 Å². The van der Waals surface area contributed by atoms with Gasteiger partial charge in [0, 0.05) is 5.57 Å². The van der Waals surface area contributed by atoms with Gasteiger partial charge in [0.25, 0.3) is 0 Å². The molecular weight excluding hydrogens is 308 g/mol. The Bertz CT molecular complexity index is 786. The Morgan fingerprint density at radius 2 is 2.04 bits per heavy atom.